The molecule has 0 radical (unpaired) electrons. The molecule has 1 aromatic rings. The van der Waals surface area contributed by atoms with E-state index in [1.54, 1.807) is 13.0 Å². The van der Waals surface area contributed by atoms with Crippen LogP contribution in [-0.2, 0) is 9.59 Å². The molecular weight excluding hydrogens is 238 g/mol. The standard InChI is InChI=1S/C16H19NO2/c1-12(18)11-15-16(3,13(2)19)9-10-17(15)14-7-5-4-6-8-14/h4-8,11H,9-10H2,1-3H3/b15-11+. The molecule has 2 rings (SSSR count). The Bertz CT molecular complexity index is 533. The lowest BCUT2D eigenvalue weighted by Crippen LogP contribution is -2.28. The fourth-order valence-electron chi connectivity index (χ4n) is 2.54. The molecule has 0 saturated carbocycles. The summed E-state index contributed by atoms with van der Waals surface area (Å²) in [5, 5.41) is 0. The number of carbonyl (C=O) groups is 2. The van der Waals surface area contributed by atoms with E-state index in [1.165, 1.54) is 6.92 Å². The summed E-state index contributed by atoms with van der Waals surface area (Å²) >= 11 is 0. The number of benzene rings is 1. The van der Waals surface area contributed by atoms with Crippen LogP contribution in [0.1, 0.15) is 27.2 Å². The summed E-state index contributed by atoms with van der Waals surface area (Å²) in [4.78, 5) is 25.5. The topological polar surface area (TPSA) is 37.4 Å². The van der Waals surface area contributed by atoms with Crippen molar-refractivity contribution in [2.24, 2.45) is 5.41 Å². The highest BCUT2D eigenvalue weighted by molar-refractivity contribution is 5.94. The minimum Gasteiger partial charge on any atom is -0.344 e. The van der Waals surface area contributed by atoms with Crippen LogP contribution in [0.2, 0.25) is 0 Å². The molecule has 3 nitrogen and oxygen atoms in total. The van der Waals surface area contributed by atoms with Crippen LogP contribution in [0.4, 0.5) is 5.69 Å². The quantitative estimate of drug-likeness (QED) is 0.781. The van der Waals surface area contributed by atoms with Crippen LogP contribution in [0.15, 0.2) is 42.1 Å². The van der Waals surface area contributed by atoms with Crippen molar-refractivity contribution in [1.29, 1.82) is 0 Å². The molecular formula is C16H19NO2. The molecule has 1 aliphatic heterocycles. The van der Waals surface area contributed by atoms with Crippen molar-refractivity contribution in [3.63, 3.8) is 0 Å². The van der Waals surface area contributed by atoms with Crippen molar-refractivity contribution in [2.75, 3.05) is 11.4 Å². The van der Waals surface area contributed by atoms with Gasteiger partial charge in [-0.2, -0.15) is 0 Å². The summed E-state index contributed by atoms with van der Waals surface area (Å²) in [6, 6.07) is 9.88. The second-order valence-corrected chi connectivity index (χ2v) is 5.27. The second kappa shape index (κ2) is 5.00. The van der Waals surface area contributed by atoms with E-state index in [4.69, 9.17) is 0 Å². The minimum atomic E-state index is -0.554. The maximum atomic E-state index is 12.0. The van der Waals surface area contributed by atoms with E-state index in [0.29, 0.717) is 0 Å². The molecule has 3 heteroatoms. The normalized spacial score (nSPS) is 24.8. The van der Waals surface area contributed by atoms with Gasteiger partial charge < -0.3 is 4.90 Å². The largest absolute Gasteiger partial charge is 0.344 e. The number of nitrogens with zero attached hydrogens (tertiary/aromatic N) is 1. The molecule has 0 N–H and O–H groups in total. The van der Waals surface area contributed by atoms with Gasteiger partial charge in [-0.3, -0.25) is 9.59 Å². The number of allylic oxidation sites excluding steroid dienone is 2. The van der Waals surface area contributed by atoms with Crippen LogP contribution in [0.25, 0.3) is 0 Å². The number of carbonyl (C=O) groups excluding carboxylic acids is 2. The van der Waals surface area contributed by atoms with Crippen molar-refractivity contribution in [2.45, 2.75) is 27.2 Å². The lowest BCUT2D eigenvalue weighted by Gasteiger charge is -2.27. The van der Waals surface area contributed by atoms with Gasteiger partial charge in [0, 0.05) is 24.0 Å². The molecule has 1 unspecified atom stereocenters. The van der Waals surface area contributed by atoms with Crippen molar-refractivity contribution < 1.29 is 9.59 Å². The highest BCUT2D eigenvalue weighted by Gasteiger charge is 2.43. The van der Waals surface area contributed by atoms with Crippen LogP contribution >= 0.6 is 0 Å². The second-order valence-electron chi connectivity index (χ2n) is 5.27. The summed E-state index contributed by atoms with van der Waals surface area (Å²) in [6.07, 6.45) is 2.34. The van der Waals surface area contributed by atoms with Gasteiger partial charge in [0.05, 0.1) is 5.41 Å². The van der Waals surface area contributed by atoms with Gasteiger partial charge in [0.15, 0.2) is 5.78 Å². The van der Waals surface area contributed by atoms with Crippen LogP contribution in [-0.4, -0.2) is 18.1 Å². The van der Waals surface area contributed by atoms with Gasteiger partial charge in [-0.1, -0.05) is 18.2 Å². The van der Waals surface area contributed by atoms with Crippen molar-refractivity contribution in [3.8, 4) is 0 Å². The minimum absolute atomic E-state index is 0.0229. The average Bonchev–Trinajstić information content (AvgIpc) is 2.69. The van der Waals surface area contributed by atoms with Gasteiger partial charge in [0.2, 0.25) is 0 Å². The molecule has 1 fully saturated rings. The number of Topliss-reactive ketones (excluding diaryl/α,β-unsaturated/α-hetero) is 1. The van der Waals surface area contributed by atoms with Gasteiger partial charge in [-0.05, 0) is 39.3 Å². The first-order valence-electron chi connectivity index (χ1n) is 6.51. The Morgan fingerprint density at radius 1 is 1.21 bits per heavy atom. The summed E-state index contributed by atoms with van der Waals surface area (Å²) in [5.41, 5.74) is 1.29. The van der Waals surface area contributed by atoms with Crippen LogP contribution in [0.5, 0.6) is 0 Å². The highest BCUT2D eigenvalue weighted by atomic mass is 16.1. The van der Waals surface area contributed by atoms with Crippen molar-refractivity contribution >= 4 is 17.3 Å². The zero-order valence-corrected chi connectivity index (χ0v) is 11.6. The first kappa shape index (κ1) is 13.5. The zero-order valence-electron chi connectivity index (χ0n) is 11.6. The molecule has 1 aromatic carbocycles. The number of anilines is 1. The van der Waals surface area contributed by atoms with Gasteiger partial charge in [-0.25, -0.2) is 0 Å². The molecule has 0 spiro atoms. The SMILES string of the molecule is CC(=O)/C=C1/N(c2ccccc2)CCC1(C)C(C)=O. The Morgan fingerprint density at radius 3 is 2.37 bits per heavy atom. The molecule has 0 aromatic heterocycles. The Balaban J connectivity index is 2.47. The molecule has 1 saturated heterocycles. The summed E-state index contributed by atoms with van der Waals surface area (Å²) in [6.45, 7) is 5.81. The average molecular weight is 257 g/mol. The molecule has 1 atom stereocenters. The highest BCUT2D eigenvalue weighted by Crippen LogP contribution is 2.43. The number of para-hydroxylation sites is 1. The van der Waals surface area contributed by atoms with E-state index in [1.807, 2.05) is 37.3 Å². The summed E-state index contributed by atoms with van der Waals surface area (Å²) < 4.78 is 0. The molecule has 100 valence electrons. The molecule has 19 heavy (non-hydrogen) atoms. The Kier molecular flexibility index (Phi) is 3.56. The van der Waals surface area contributed by atoms with E-state index in [9.17, 15) is 9.59 Å². The van der Waals surface area contributed by atoms with E-state index in [2.05, 4.69) is 4.90 Å². The van der Waals surface area contributed by atoms with Gasteiger partial charge in [-0.15, -0.1) is 0 Å². The maximum absolute atomic E-state index is 12.0. The predicted octanol–water partition coefficient (Wildman–Crippen LogP) is 2.96. The Hall–Kier alpha value is -1.90. The number of ketones is 2. The molecule has 1 heterocycles. The fourth-order valence-corrected chi connectivity index (χ4v) is 2.54. The van der Waals surface area contributed by atoms with Crippen molar-refractivity contribution in [1.82, 2.24) is 0 Å². The molecule has 1 aliphatic rings. The first-order valence-corrected chi connectivity index (χ1v) is 6.51. The first-order chi connectivity index (χ1) is 8.95. The fraction of sp³-hybridized carbons (Fsp3) is 0.375. The Labute approximate surface area is 113 Å². The van der Waals surface area contributed by atoms with E-state index < -0.39 is 5.41 Å². The van der Waals surface area contributed by atoms with Gasteiger partial charge in [0.1, 0.15) is 5.78 Å². The summed E-state index contributed by atoms with van der Waals surface area (Å²) in [7, 11) is 0. The zero-order chi connectivity index (χ0) is 14.0. The smallest absolute Gasteiger partial charge is 0.154 e. The van der Waals surface area contributed by atoms with Crippen molar-refractivity contribution in [3.05, 3.63) is 42.1 Å². The van der Waals surface area contributed by atoms with E-state index in [-0.39, 0.29) is 11.6 Å². The number of rotatable bonds is 3. The maximum Gasteiger partial charge on any atom is 0.154 e. The third-order valence-electron chi connectivity index (χ3n) is 3.88. The third-order valence-corrected chi connectivity index (χ3v) is 3.88. The van der Waals surface area contributed by atoms with Gasteiger partial charge >= 0.3 is 0 Å². The third kappa shape index (κ3) is 2.46. The molecule has 0 aliphatic carbocycles. The van der Waals surface area contributed by atoms with Gasteiger partial charge in [0.25, 0.3) is 0 Å². The lowest BCUT2D eigenvalue weighted by atomic mass is 9.82. The van der Waals surface area contributed by atoms with Crippen LogP contribution < -0.4 is 4.90 Å². The van der Waals surface area contributed by atoms with E-state index >= 15 is 0 Å². The molecule has 0 bridgehead atoms. The van der Waals surface area contributed by atoms with Crippen LogP contribution in [0.3, 0.4) is 0 Å². The number of hydrogen-bond donors (Lipinski definition) is 0. The lowest BCUT2D eigenvalue weighted by molar-refractivity contribution is -0.123. The van der Waals surface area contributed by atoms with E-state index in [0.717, 1.165) is 24.4 Å². The predicted molar refractivity (Wildman–Crippen MR) is 76.0 cm³/mol. The molecule has 0 amide bonds. The number of hydrogen-bond acceptors (Lipinski definition) is 3. The van der Waals surface area contributed by atoms with Crippen LogP contribution in [0, 0.1) is 5.41 Å². The monoisotopic (exact) mass is 257 g/mol. The summed E-state index contributed by atoms with van der Waals surface area (Å²) in [5.74, 6) is 0.0868. The Morgan fingerprint density at radius 2 is 1.84 bits per heavy atom.